The highest BCUT2D eigenvalue weighted by atomic mass is 32.2. The smallest absolute Gasteiger partial charge is 0.0476 e. The number of rotatable bonds is 5. The summed E-state index contributed by atoms with van der Waals surface area (Å²) < 4.78 is 5.33. The Labute approximate surface area is 84.8 Å². The van der Waals surface area contributed by atoms with Gasteiger partial charge >= 0.3 is 0 Å². The largest absolute Gasteiger partial charge is 0.381 e. The van der Waals surface area contributed by atoms with Crippen LogP contribution in [0.15, 0.2) is 0 Å². The average molecular weight is 201 g/mol. The molecule has 0 bridgehead atoms. The Kier molecular flexibility index (Phi) is 3.94. The first kappa shape index (κ1) is 9.81. The van der Waals surface area contributed by atoms with Crippen LogP contribution in [0, 0.1) is 0 Å². The molecule has 1 aliphatic heterocycles. The van der Waals surface area contributed by atoms with Gasteiger partial charge in [0.15, 0.2) is 0 Å². The molecule has 76 valence electrons. The summed E-state index contributed by atoms with van der Waals surface area (Å²) in [6.45, 7) is 3.16. The molecule has 2 aliphatic rings. The van der Waals surface area contributed by atoms with E-state index in [0.717, 1.165) is 24.5 Å². The molecule has 0 aromatic heterocycles. The van der Waals surface area contributed by atoms with E-state index in [2.05, 4.69) is 17.1 Å². The molecule has 0 aromatic rings. The average Bonchev–Trinajstić information content (AvgIpc) is 2.98. The molecule has 0 atom stereocenters. The molecule has 0 radical (unpaired) electrons. The van der Waals surface area contributed by atoms with E-state index in [1.54, 1.807) is 0 Å². The van der Waals surface area contributed by atoms with Crippen LogP contribution in [0.25, 0.3) is 0 Å². The highest BCUT2D eigenvalue weighted by Crippen LogP contribution is 2.22. The van der Waals surface area contributed by atoms with E-state index in [1.807, 2.05) is 0 Å². The van der Waals surface area contributed by atoms with Gasteiger partial charge in [-0.05, 0) is 25.7 Å². The molecule has 1 heterocycles. The Morgan fingerprint density at radius 3 is 2.62 bits per heavy atom. The van der Waals surface area contributed by atoms with Gasteiger partial charge in [0.1, 0.15) is 0 Å². The van der Waals surface area contributed by atoms with Crippen LogP contribution in [0.5, 0.6) is 0 Å². The quantitative estimate of drug-likeness (QED) is 0.683. The highest BCUT2D eigenvalue weighted by molar-refractivity contribution is 7.99. The number of ether oxygens (including phenoxy) is 1. The van der Waals surface area contributed by atoms with E-state index in [0.29, 0.717) is 0 Å². The summed E-state index contributed by atoms with van der Waals surface area (Å²) in [6.07, 6.45) is 5.33. The second kappa shape index (κ2) is 5.23. The van der Waals surface area contributed by atoms with Gasteiger partial charge in [-0.25, -0.2) is 0 Å². The second-order valence-corrected chi connectivity index (χ2v) is 5.32. The predicted octanol–water partition coefficient (Wildman–Crippen LogP) is 1.65. The molecule has 3 heteroatoms. The zero-order valence-electron chi connectivity index (χ0n) is 8.13. The van der Waals surface area contributed by atoms with Crippen molar-refractivity contribution in [1.82, 2.24) is 5.32 Å². The molecule has 0 aromatic carbocycles. The summed E-state index contributed by atoms with van der Waals surface area (Å²) in [4.78, 5) is 0. The normalized spacial score (nSPS) is 24.9. The SMILES string of the molecule is C(CSC1CCOCC1)NC1CC1. The van der Waals surface area contributed by atoms with Crippen LogP contribution in [0.2, 0.25) is 0 Å². The summed E-state index contributed by atoms with van der Waals surface area (Å²) in [5.41, 5.74) is 0. The first-order valence-corrected chi connectivity index (χ1v) is 6.43. The van der Waals surface area contributed by atoms with Crippen LogP contribution in [-0.2, 0) is 4.74 Å². The zero-order valence-corrected chi connectivity index (χ0v) is 8.94. The van der Waals surface area contributed by atoms with Crippen LogP contribution in [0.3, 0.4) is 0 Å². The summed E-state index contributed by atoms with van der Waals surface area (Å²) in [5.74, 6) is 1.28. The molecule has 2 nitrogen and oxygen atoms in total. The number of nitrogens with one attached hydrogen (secondary N) is 1. The maximum Gasteiger partial charge on any atom is 0.0476 e. The molecule has 0 amide bonds. The standard InChI is InChI=1S/C10H19NOS/c1-2-9(1)11-5-8-13-10-3-6-12-7-4-10/h9-11H,1-8H2. The molecule has 0 unspecified atom stereocenters. The Bertz CT molecular complexity index is 144. The first-order valence-electron chi connectivity index (χ1n) is 5.38. The lowest BCUT2D eigenvalue weighted by Crippen LogP contribution is -2.22. The van der Waals surface area contributed by atoms with Gasteiger partial charge in [0.2, 0.25) is 0 Å². The number of thioether (sulfide) groups is 1. The lowest BCUT2D eigenvalue weighted by Gasteiger charge is -2.21. The van der Waals surface area contributed by atoms with E-state index >= 15 is 0 Å². The maximum absolute atomic E-state index is 5.33. The predicted molar refractivity (Wildman–Crippen MR) is 57.3 cm³/mol. The Morgan fingerprint density at radius 1 is 1.15 bits per heavy atom. The van der Waals surface area contributed by atoms with E-state index in [-0.39, 0.29) is 0 Å². The third-order valence-corrected chi connectivity index (χ3v) is 4.02. The van der Waals surface area contributed by atoms with Crippen LogP contribution in [0.4, 0.5) is 0 Å². The van der Waals surface area contributed by atoms with Crippen molar-refractivity contribution >= 4 is 11.8 Å². The topological polar surface area (TPSA) is 21.3 Å². The molecule has 1 aliphatic carbocycles. The maximum atomic E-state index is 5.33. The molecule has 2 rings (SSSR count). The molecule has 13 heavy (non-hydrogen) atoms. The fourth-order valence-electron chi connectivity index (χ4n) is 1.62. The lowest BCUT2D eigenvalue weighted by molar-refractivity contribution is 0.100. The van der Waals surface area contributed by atoms with Gasteiger partial charge in [-0.15, -0.1) is 0 Å². The van der Waals surface area contributed by atoms with Crippen LogP contribution in [0.1, 0.15) is 25.7 Å². The van der Waals surface area contributed by atoms with Crippen molar-refractivity contribution in [2.45, 2.75) is 37.0 Å². The fourth-order valence-corrected chi connectivity index (χ4v) is 2.71. The summed E-state index contributed by atoms with van der Waals surface area (Å²) in [5, 5.41) is 4.41. The molecule has 1 N–H and O–H groups in total. The summed E-state index contributed by atoms with van der Waals surface area (Å²) in [7, 11) is 0. The molecular weight excluding hydrogens is 182 g/mol. The van der Waals surface area contributed by atoms with Gasteiger partial charge in [-0.2, -0.15) is 11.8 Å². The van der Waals surface area contributed by atoms with Crippen molar-refractivity contribution in [3.8, 4) is 0 Å². The van der Waals surface area contributed by atoms with Crippen LogP contribution in [-0.4, -0.2) is 36.8 Å². The molecule has 2 fully saturated rings. The number of hydrogen-bond donors (Lipinski definition) is 1. The lowest BCUT2D eigenvalue weighted by atomic mass is 10.2. The van der Waals surface area contributed by atoms with E-state index in [4.69, 9.17) is 4.74 Å². The highest BCUT2D eigenvalue weighted by Gasteiger charge is 2.20. The van der Waals surface area contributed by atoms with Crippen molar-refractivity contribution < 1.29 is 4.74 Å². The van der Waals surface area contributed by atoms with Gasteiger partial charge in [0, 0.05) is 36.8 Å². The molecule has 0 spiro atoms. The van der Waals surface area contributed by atoms with Crippen molar-refractivity contribution in [1.29, 1.82) is 0 Å². The first-order chi connectivity index (χ1) is 6.45. The fraction of sp³-hybridized carbons (Fsp3) is 1.00. The van der Waals surface area contributed by atoms with Gasteiger partial charge in [-0.3, -0.25) is 0 Å². The monoisotopic (exact) mass is 201 g/mol. The zero-order chi connectivity index (χ0) is 8.93. The molecule has 1 saturated heterocycles. The van der Waals surface area contributed by atoms with Crippen LogP contribution >= 0.6 is 11.8 Å². The van der Waals surface area contributed by atoms with E-state index in [9.17, 15) is 0 Å². The Balaban J connectivity index is 1.46. The third kappa shape index (κ3) is 3.88. The third-order valence-electron chi connectivity index (χ3n) is 2.63. The minimum absolute atomic E-state index is 0.870. The van der Waals surface area contributed by atoms with Gasteiger partial charge < -0.3 is 10.1 Å². The molecular formula is C10H19NOS. The van der Waals surface area contributed by atoms with Crippen LogP contribution < -0.4 is 5.32 Å². The minimum atomic E-state index is 0.870. The van der Waals surface area contributed by atoms with Gasteiger partial charge in [0.05, 0.1) is 0 Å². The van der Waals surface area contributed by atoms with Crippen molar-refractivity contribution in [2.24, 2.45) is 0 Å². The second-order valence-electron chi connectivity index (χ2n) is 3.91. The van der Waals surface area contributed by atoms with Gasteiger partial charge in [-0.1, -0.05) is 0 Å². The number of hydrogen-bond acceptors (Lipinski definition) is 3. The Hall–Kier alpha value is 0.270. The molecule has 1 saturated carbocycles. The van der Waals surface area contributed by atoms with Crippen molar-refractivity contribution in [3.05, 3.63) is 0 Å². The Morgan fingerprint density at radius 2 is 1.92 bits per heavy atom. The van der Waals surface area contributed by atoms with E-state index in [1.165, 1.54) is 38.0 Å². The van der Waals surface area contributed by atoms with Crippen molar-refractivity contribution in [2.75, 3.05) is 25.5 Å². The van der Waals surface area contributed by atoms with Gasteiger partial charge in [0.25, 0.3) is 0 Å². The summed E-state index contributed by atoms with van der Waals surface area (Å²) >= 11 is 2.12. The summed E-state index contributed by atoms with van der Waals surface area (Å²) in [6, 6.07) is 0.871. The van der Waals surface area contributed by atoms with Crippen molar-refractivity contribution in [3.63, 3.8) is 0 Å². The van der Waals surface area contributed by atoms with E-state index < -0.39 is 0 Å². The minimum Gasteiger partial charge on any atom is -0.381 e.